The maximum atomic E-state index is 5.42. The number of aliphatic imine (C=N–C) groups is 1. The van der Waals surface area contributed by atoms with Crippen molar-refractivity contribution in [1.29, 1.82) is 0 Å². The molecule has 7 heteroatoms. The fourth-order valence-corrected chi connectivity index (χ4v) is 1.98. The largest absolute Gasteiger partial charge is 0.493 e. The SMILES string of the molecule is CCNC(=NCc1ccc(OC)c(OC)c1)NCCOCCOC. The Balaban J connectivity index is 2.52. The first-order valence-electron chi connectivity index (χ1n) is 8.04. The standard InChI is InChI=1S/C17H29N3O4/c1-5-18-17(19-8-9-24-11-10-21-2)20-13-14-6-7-15(22-3)16(12-14)23-4/h6-7,12H,5,8-11,13H2,1-4H3,(H2,18,19,20). The van der Waals surface area contributed by atoms with Crippen molar-refractivity contribution in [2.24, 2.45) is 4.99 Å². The lowest BCUT2D eigenvalue weighted by Gasteiger charge is -2.12. The molecule has 1 rings (SSSR count). The highest BCUT2D eigenvalue weighted by atomic mass is 16.5. The van der Waals surface area contributed by atoms with Crippen LogP contribution in [0.25, 0.3) is 0 Å². The van der Waals surface area contributed by atoms with Crippen molar-refractivity contribution < 1.29 is 18.9 Å². The molecular formula is C17H29N3O4. The van der Waals surface area contributed by atoms with Crippen LogP contribution in [0, 0.1) is 0 Å². The highest BCUT2D eigenvalue weighted by molar-refractivity contribution is 5.79. The van der Waals surface area contributed by atoms with Gasteiger partial charge in [0.25, 0.3) is 0 Å². The van der Waals surface area contributed by atoms with E-state index in [4.69, 9.17) is 18.9 Å². The van der Waals surface area contributed by atoms with Crippen molar-refractivity contribution in [3.63, 3.8) is 0 Å². The third-order valence-corrected chi connectivity index (χ3v) is 3.18. The molecule has 1 aromatic rings. The third kappa shape index (κ3) is 7.52. The first-order chi connectivity index (χ1) is 11.7. The van der Waals surface area contributed by atoms with E-state index in [0.717, 1.165) is 18.1 Å². The number of guanidine groups is 1. The van der Waals surface area contributed by atoms with Crippen LogP contribution in [-0.4, -0.2) is 60.2 Å². The molecule has 0 radical (unpaired) electrons. The van der Waals surface area contributed by atoms with E-state index < -0.39 is 0 Å². The highest BCUT2D eigenvalue weighted by Crippen LogP contribution is 2.27. The Morgan fingerprint density at radius 1 is 1.00 bits per heavy atom. The van der Waals surface area contributed by atoms with Gasteiger partial charge < -0.3 is 29.6 Å². The molecule has 24 heavy (non-hydrogen) atoms. The number of hydrogen-bond acceptors (Lipinski definition) is 5. The molecule has 1 aromatic carbocycles. The lowest BCUT2D eigenvalue weighted by atomic mass is 10.2. The molecule has 0 spiro atoms. The summed E-state index contributed by atoms with van der Waals surface area (Å²) in [5.41, 5.74) is 1.04. The highest BCUT2D eigenvalue weighted by Gasteiger charge is 2.04. The van der Waals surface area contributed by atoms with Gasteiger partial charge in [0.05, 0.1) is 40.6 Å². The number of methoxy groups -OCH3 is 3. The number of nitrogens with zero attached hydrogens (tertiary/aromatic N) is 1. The molecule has 0 bridgehead atoms. The van der Waals surface area contributed by atoms with Gasteiger partial charge in [0.1, 0.15) is 0 Å². The number of benzene rings is 1. The van der Waals surface area contributed by atoms with Crippen LogP contribution in [0.5, 0.6) is 11.5 Å². The molecule has 0 aromatic heterocycles. The van der Waals surface area contributed by atoms with Crippen LogP contribution in [-0.2, 0) is 16.0 Å². The average Bonchev–Trinajstić information content (AvgIpc) is 2.62. The van der Waals surface area contributed by atoms with E-state index >= 15 is 0 Å². The minimum absolute atomic E-state index is 0.542. The van der Waals surface area contributed by atoms with Crippen LogP contribution >= 0.6 is 0 Å². The number of nitrogens with one attached hydrogen (secondary N) is 2. The molecule has 0 saturated carbocycles. The topological polar surface area (TPSA) is 73.3 Å². The van der Waals surface area contributed by atoms with Gasteiger partial charge in [0, 0.05) is 20.2 Å². The van der Waals surface area contributed by atoms with Crippen molar-refractivity contribution in [2.45, 2.75) is 13.5 Å². The minimum atomic E-state index is 0.542. The van der Waals surface area contributed by atoms with Gasteiger partial charge >= 0.3 is 0 Å². The molecule has 136 valence electrons. The van der Waals surface area contributed by atoms with Crippen LogP contribution in [0.1, 0.15) is 12.5 Å². The van der Waals surface area contributed by atoms with Gasteiger partial charge in [0.2, 0.25) is 0 Å². The zero-order valence-corrected chi connectivity index (χ0v) is 15.1. The van der Waals surface area contributed by atoms with Gasteiger partial charge in [0.15, 0.2) is 17.5 Å². The van der Waals surface area contributed by atoms with Crippen molar-refractivity contribution in [3.8, 4) is 11.5 Å². The molecule has 2 N–H and O–H groups in total. The molecule has 0 heterocycles. The Hall–Kier alpha value is -1.99. The number of rotatable bonds is 11. The van der Waals surface area contributed by atoms with Gasteiger partial charge in [-0.25, -0.2) is 4.99 Å². The quantitative estimate of drug-likeness (QED) is 0.361. The first-order valence-corrected chi connectivity index (χ1v) is 8.04. The fourth-order valence-electron chi connectivity index (χ4n) is 1.98. The van der Waals surface area contributed by atoms with Crippen molar-refractivity contribution in [3.05, 3.63) is 23.8 Å². The molecule has 0 saturated heterocycles. The second-order valence-corrected chi connectivity index (χ2v) is 4.92. The summed E-state index contributed by atoms with van der Waals surface area (Å²) in [7, 11) is 4.91. The van der Waals surface area contributed by atoms with E-state index in [9.17, 15) is 0 Å². The average molecular weight is 339 g/mol. The van der Waals surface area contributed by atoms with Crippen LogP contribution in [0.4, 0.5) is 0 Å². The number of hydrogen-bond donors (Lipinski definition) is 2. The Morgan fingerprint density at radius 2 is 1.79 bits per heavy atom. The predicted molar refractivity (Wildman–Crippen MR) is 95.1 cm³/mol. The molecule has 0 aliphatic heterocycles. The molecule has 0 aliphatic rings. The van der Waals surface area contributed by atoms with E-state index in [0.29, 0.717) is 44.4 Å². The monoisotopic (exact) mass is 339 g/mol. The van der Waals surface area contributed by atoms with Gasteiger partial charge in [-0.2, -0.15) is 0 Å². The van der Waals surface area contributed by atoms with E-state index in [-0.39, 0.29) is 0 Å². The Morgan fingerprint density at radius 3 is 2.46 bits per heavy atom. The molecule has 0 atom stereocenters. The summed E-state index contributed by atoms with van der Waals surface area (Å²) in [6.07, 6.45) is 0. The third-order valence-electron chi connectivity index (χ3n) is 3.18. The summed E-state index contributed by atoms with van der Waals surface area (Å²) in [6, 6.07) is 5.79. The molecule has 0 unspecified atom stereocenters. The van der Waals surface area contributed by atoms with Gasteiger partial charge in [-0.15, -0.1) is 0 Å². The van der Waals surface area contributed by atoms with Crippen molar-refractivity contribution >= 4 is 5.96 Å². The maximum absolute atomic E-state index is 5.42. The van der Waals surface area contributed by atoms with E-state index in [1.807, 2.05) is 25.1 Å². The summed E-state index contributed by atoms with van der Waals surface area (Å²) < 4.78 is 20.9. The summed E-state index contributed by atoms with van der Waals surface area (Å²) in [6.45, 7) is 5.85. The minimum Gasteiger partial charge on any atom is -0.493 e. The Labute approximate surface area is 144 Å². The van der Waals surface area contributed by atoms with Crippen molar-refractivity contribution in [2.75, 3.05) is 54.2 Å². The number of ether oxygens (including phenoxy) is 4. The first kappa shape index (κ1) is 20.1. The maximum Gasteiger partial charge on any atom is 0.191 e. The summed E-state index contributed by atoms with van der Waals surface area (Å²) in [5, 5.41) is 6.44. The molecule has 0 fully saturated rings. The summed E-state index contributed by atoms with van der Waals surface area (Å²) >= 11 is 0. The van der Waals surface area contributed by atoms with Crippen LogP contribution in [0.15, 0.2) is 23.2 Å². The fraction of sp³-hybridized carbons (Fsp3) is 0.588. The van der Waals surface area contributed by atoms with E-state index in [2.05, 4.69) is 15.6 Å². The van der Waals surface area contributed by atoms with E-state index in [1.54, 1.807) is 21.3 Å². The normalized spacial score (nSPS) is 11.2. The lowest BCUT2D eigenvalue weighted by molar-refractivity contribution is 0.0733. The van der Waals surface area contributed by atoms with Crippen LogP contribution < -0.4 is 20.1 Å². The lowest BCUT2D eigenvalue weighted by Crippen LogP contribution is -2.39. The second kappa shape index (κ2) is 12.4. The van der Waals surface area contributed by atoms with Gasteiger partial charge in [-0.05, 0) is 24.6 Å². The van der Waals surface area contributed by atoms with E-state index in [1.165, 1.54) is 0 Å². The predicted octanol–water partition coefficient (Wildman–Crippen LogP) is 1.42. The second-order valence-electron chi connectivity index (χ2n) is 4.92. The molecular weight excluding hydrogens is 310 g/mol. The van der Waals surface area contributed by atoms with Crippen LogP contribution in [0.3, 0.4) is 0 Å². The van der Waals surface area contributed by atoms with Gasteiger partial charge in [-0.1, -0.05) is 6.07 Å². The smallest absolute Gasteiger partial charge is 0.191 e. The summed E-state index contributed by atoms with van der Waals surface area (Å²) in [5.74, 6) is 2.17. The zero-order chi connectivity index (χ0) is 17.6. The molecule has 0 aliphatic carbocycles. The van der Waals surface area contributed by atoms with Crippen LogP contribution in [0.2, 0.25) is 0 Å². The van der Waals surface area contributed by atoms with Gasteiger partial charge in [-0.3, -0.25) is 0 Å². The Kier molecular flexibility index (Phi) is 10.4. The molecule has 0 amide bonds. The summed E-state index contributed by atoms with van der Waals surface area (Å²) in [4.78, 5) is 4.57. The zero-order valence-electron chi connectivity index (χ0n) is 15.1. The van der Waals surface area contributed by atoms with Crippen molar-refractivity contribution in [1.82, 2.24) is 10.6 Å². The molecule has 7 nitrogen and oxygen atoms in total. The Bertz CT molecular complexity index is 495.